The molecule has 1 aliphatic heterocycles. The second kappa shape index (κ2) is 9.53. The van der Waals surface area contributed by atoms with Crippen molar-refractivity contribution in [3.8, 4) is 0 Å². The second-order valence-corrected chi connectivity index (χ2v) is 8.22. The van der Waals surface area contributed by atoms with Crippen molar-refractivity contribution in [2.24, 2.45) is 5.92 Å². The third kappa shape index (κ3) is 5.55. The average molecular weight is 416 g/mol. The van der Waals surface area contributed by atoms with Crippen molar-refractivity contribution in [2.75, 3.05) is 26.2 Å². The Labute approximate surface area is 176 Å². The van der Waals surface area contributed by atoms with Gasteiger partial charge in [0.15, 0.2) is 0 Å². The maximum absolute atomic E-state index is 13.1. The Morgan fingerprint density at radius 3 is 2.63 bits per heavy atom. The lowest BCUT2D eigenvalue weighted by Gasteiger charge is -2.41. The van der Waals surface area contributed by atoms with E-state index in [1.165, 1.54) is 12.1 Å². The summed E-state index contributed by atoms with van der Waals surface area (Å²) in [4.78, 5) is 28.0. The van der Waals surface area contributed by atoms with Crippen molar-refractivity contribution in [1.29, 1.82) is 0 Å². The molecule has 1 amide bonds. The first kappa shape index (κ1) is 22.2. The van der Waals surface area contributed by atoms with E-state index in [0.29, 0.717) is 6.54 Å². The van der Waals surface area contributed by atoms with Gasteiger partial charge in [-0.1, -0.05) is 36.4 Å². The molecule has 0 radical (unpaired) electrons. The van der Waals surface area contributed by atoms with Crippen molar-refractivity contribution in [2.45, 2.75) is 38.5 Å². The van der Waals surface area contributed by atoms with Crippen LogP contribution in [0.2, 0.25) is 0 Å². The van der Waals surface area contributed by atoms with Gasteiger partial charge < -0.3 is 14.7 Å². The smallest absolute Gasteiger partial charge is 0.304 e. The maximum atomic E-state index is 13.1. The molecule has 1 aromatic rings. The first-order valence-corrected chi connectivity index (χ1v) is 10.2. The van der Waals surface area contributed by atoms with Crippen LogP contribution in [0.3, 0.4) is 0 Å². The number of halogens is 1. The van der Waals surface area contributed by atoms with Crippen LogP contribution >= 0.6 is 0 Å². The Hall–Kier alpha value is -2.51. The lowest BCUT2D eigenvalue weighted by Crippen LogP contribution is -2.55. The molecule has 6 nitrogen and oxygen atoms in total. The minimum absolute atomic E-state index is 0.0275. The number of carbonyl (C=O) groups is 2. The molecule has 1 heterocycles. The van der Waals surface area contributed by atoms with Crippen molar-refractivity contribution >= 4 is 11.9 Å². The van der Waals surface area contributed by atoms with E-state index < -0.39 is 11.6 Å². The summed E-state index contributed by atoms with van der Waals surface area (Å²) in [6.45, 7) is 6.50. The molecule has 30 heavy (non-hydrogen) atoms. The molecule has 3 rings (SSSR count). The van der Waals surface area contributed by atoms with Gasteiger partial charge in [-0.15, -0.1) is 0 Å². The topological polar surface area (TPSA) is 70.1 Å². The molecule has 162 valence electrons. The van der Waals surface area contributed by atoms with E-state index in [1.54, 1.807) is 12.1 Å². The number of benzene rings is 1. The molecule has 0 spiro atoms. The molecule has 1 fully saturated rings. The van der Waals surface area contributed by atoms with E-state index in [1.807, 2.05) is 43.1 Å². The Morgan fingerprint density at radius 1 is 1.23 bits per heavy atom. The highest BCUT2D eigenvalue weighted by Gasteiger charge is 2.36. The van der Waals surface area contributed by atoms with Gasteiger partial charge in [-0.2, -0.15) is 0 Å². The molecule has 1 aromatic carbocycles. The number of rotatable bonds is 7. The quantitative estimate of drug-likeness (QED) is 0.740. The van der Waals surface area contributed by atoms with Gasteiger partial charge in [-0.25, -0.2) is 4.39 Å². The largest absolute Gasteiger partial charge is 0.481 e. The number of hydrogen-bond acceptors (Lipinski definition) is 4. The minimum atomic E-state index is -0.896. The monoisotopic (exact) mass is 416 g/mol. The van der Waals surface area contributed by atoms with E-state index in [-0.39, 0.29) is 36.7 Å². The Morgan fingerprint density at radius 2 is 1.97 bits per heavy atom. The van der Waals surface area contributed by atoms with E-state index in [0.717, 1.165) is 25.2 Å². The summed E-state index contributed by atoms with van der Waals surface area (Å²) in [5.74, 6) is -1.56. The zero-order valence-corrected chi connectivity index (χ0v) is 17.5. The molecule has 7 heteroatoms. The molecule has 2 aliphatic rings. The average Bonchev–Trinajstić information content (AvgIpc) is 2.70. The summed E-state index contributed by atoms with van der Waals surface area (Å²) in [5, 5.41) is 9.15. The first-order chi connectivity index (χ1) is 14.3. The van der Waals surface area contributed by atoms with Gasteiger partial charge in [0.05, 0.1) is 12.0 Å². The fourth-order valence-corrected chi connectivity index (χ4v) is 4.07. The molecule has 1 aliphatic carbocycles. The van der Waals surface area contributed by atoms with Gasteiger partial charge in [-0.05, 0) is 31.5 Å². The van der Waals surface area contributed by atoms with E-state index in [4.69, 9.17) is 9.84 Å². The summed E-state index contributed by atoms with van der Waals surface area (Å²) in [6, 6.07) is 6.52. The minimum Gasteiger partial charge on any atom is -0.481 e. The van der Waals surface area contributed by atoms with Gasteiger partial charge in [-0.3, -0.25) is 14.5 Å². The Bertz CT molecular complexity index is 823. The van der Waals surface area contributed by atoms with Gasteiger partial charge in [0.1, 0.15) is 12.4 Å². The standard InChI is InChI=1S/C23H29FN2O4/c1-17-14-25(15-18-6-8-20(24)9-7-18)11-12-26(17)21(27)16-30-23(2)10-4-3-5-19(23)13-22(28)29/h3-10,17,19H,11-16H2,1-2H3,(H,28,29)/t17-,19?,23?/m1/s1. The van der Waals surface area contributed by atoms with Crippen LogP contribution in [0.15, 0.2) is 48.6 Å². The van der Waals surface area contributed by atoms with Crippen molar-refractivity contribution in [1.82, 2.24) is 9.80 Å². The molecule has 3 atom stereocenters. The molecule has 0 bridgehead atoms. The van der Waals surface area contributed by atoms with Gasteiger partial charge >= 0.3 is 5.97 Å². The van der Waals surface area contributed by atoms with E-state index >= 15 is 0 Å². The fourth-order valence-electron chi connectivity index (χ4n) is 4.07. The number of allylic oxidation sites excluding steroid dienone is 2. The van der Waals surface area contributed by atoms with Gasteiger partial charge in [0, 0.05) is 38.1 Å². The molecular weight excluding hydrogens is 387 g/mol. The highest BCUT2D eigenvalue weighted by atomic mass is 19.1. The molecular formula is C23H29FN2O4. The number of nitrogens with zero attached hydrogens (tertiary/aromatic N) is 2. The molecule has 1 N–H and O–H groups in total. The third-order valence-corrected chi connectivity index (χ3v) is 5.87. The summed E-state index contributed by atoms with van der Waals surface area (Å²) in [6.07, 6.45) is 7.21. The number of carboxylic acids is 1. The Kier molecular flexibility index (Phi) is 7.05. The first-order valence-electron chi connectivity index (χ1n) is 10.2. The number of piperazine rings is 1. The summed E-state index contributed by atoms with van der Waals surface area (Å²) in [7, 11) is 0. The summed E-state index contributed by atoms with van der Waals surface area (Å²) < 4.78 is 19.0. The van der Waals surface area contributed by atoms with Crippen LogP contribution in [-0.2, 0) is 20.9 Å². The zero-order valence-electron chi connectivity index (χ0n) is 17.5. The van der Waals surface area contributed by atoms with Gasteiger partial charge in [0.25, 0.3) is 0 Å². The van der Waals surface area contributed by atoms with Crippen LogP contribution in [0.5, 0.6) is 0 Å². The highest BCUT2D eigenvalue weighted by Crippen LogP contribution is 2.31. The second-order valence-electron chi connectivity index (χ2n) is 8.22. The predicted molar refractivity (Wildman–Crippen MR) is 111 cm³/mol. The summed E-state index contributed by atoms with van der Waals surface area (Å²) in [5.41, 5.74) is 0.220. The van der Waals surface area contributed by atoms with Crippen molar-refractivity contribution in [3.05, 3.63) is 60.0 Å². The maximum Gasteiger partial charge on any atom is 0.304 e. The van der Waals surface area contributed by atoms with E-state index in [9.17, 15) is 14.0 Å². The van der Waals surface area contributed by atoms with Crippen molar-refractivity contribution in [3.63, 3.8) is 0 Å². The SMILES string of the molecule is C[C@@H]1CN(Cc2ccc(F)cc2)CCN1C(=O)COC1(C)C=CC=CC1CC(=O)O. The van der Waals surface area contributed by atoms with Gasteiger partial charge in [0.2, 0.25) is 5.91 Å². The zero-order chi connectivity index (χ0) is 21.7. The van der Waals surface area contributed by atoms with Crippen molar-refractivity contribution < 1.29 is 23.8 Å². The number of ether oxygens (including phenoxy) is 1. The van der Waals surface area contributed by atoms with Crippen LogP contribution in [0.25, 0.3) is 0 Å². The number of amides is 1. The molecule has 0 saturated carbocycles. The molecule has 1 saturated heterocycles. The Balaban J connectivity index is 1.52. The third-order valence-electron chi connectivity index (χ3n) is 5.87. The van der Waals surface area contributed by atoms with Crippen LogP contribution in [0, 0.1) is 11.7 Å². The van der Waals surface area contributed by atoms with Crippen LogP contribution in [-0.4, -0.2) is 64.7 Å². The number of carboxylic acid groups (broad SMARTS) is 1. The number of carbonyl (C=O) groups excluding carboxylic acids is 1. The lowest BCUT2D eigenvalue weighted by molar-refractivity contribution is -0.148. The highest BCUT2D eigenvalue weighted by molar-refractivity contribution is 5.78. The number of aliphatic carboxylic acids is 1. The summed E-state index contributed by atoms with van der Waals surface area (Å²) >= 11 is 0. The molecule has 0 aromatic heterocycles. The normalized spacial score (nSPS) is 26.7. The fraction of sp³-hybridized carbons (Fsp3) is 0.478. The van der Waals surface area contributed by atoms with E-state index in [2.05, 4.69) is 4.90 Å². The number of hydrogen-bond donors (Lipinski definition) is 1. The van der Waals surface area contributed by atoms with Crippen LogP contribution < -0.4 is 0 Å². The predicted octanol–water partition coefficient (Wildman–Crippen LogP) is 2.85. The molecule has 2 unspecified atom stereocenters. The van der Waals surface area contributed by atoms with Crippen LogP contribution in [0.1, 0.15) is 25.8 Å². The lowest BCUT2D eigenvalue weighted by atomic mass is 9.83. The van der Waals surface area contributed by atoms with Crippen LogP contribution in [0.4, 0.5) is 4.39 Å².